The van der Waals surface area contributed by atoms with E-state index >= 15 is 0 Å². The maximum absolute atomic E-state index is 11.6. The minimum absolute atomic E-state index is 0.114. The van der Waals surface area contributed by atoms with Crippen LogP contribution in [0.2, 0.25) is 0 Å². The zero-order valence-corrected chi connectivity index (χ0v) is 14.6. The minimum Gasteiger partial charge on any atom is -0.481 e. The van der Waals surface area contributed by atoms with Crippen LogP contribution in [0.15, 0.2) is 0 Å². The van der Waals surface area contributed by atoms with E-state index in [0.29, 0.717) is 11.8 Å². The lowest BCUT2D eigenvalue weighted by Gasteiger charge is -2.60. The molecule has 0 spiro atoms. The van der Waals surface area contributed by atoms with Crippen LogP contribution in [0, 0.1) is 40.4 Å². The van der Waals surface area contributed by atoms with Crippen molar-refractivity contribution in [3.63, 3.8) is 0 Å². The first-order chi connectivity index (χ1) is 10.9. The number of carboxylic acid groups (broad SMARTS) is 1. The highest BCUT2D eigenvalue weighted by Crippen LogP contribution is 2.66. The molecule has 0 bridgehead atoms. The Morgan fingerprint density at radius 3 is 2.35 bits per heavy atom. The van der Waals surface area contributed by atoms with Crippen molar-refractivity contribution in [3.8, 4) is 0 Å². The lowest BCUT2D eigenvalue weighted by atomic mass is 9.44. The van der Waals surface area contributed by atoms with Crippen molar-refractivity contribution in [1.29, 1.82) is 0 Å². The number of carbonyl (C=O) groups is 1. The quantitative estimate of drug-likeness (QED) is 0.765. The van der Waals surface area contributed by atoms with Gasteiger partial charge in [0.2, 0.25) is 0 Å². The predicted octanol–water partition coefficient (Wildman–Crippen LogP) is 4.09. The van der Waals surface area contributed by atoms with Gasteiger partial charge in [-0.25, -0.2) is 0 Å². The van der Waals surface area contributed by atoms with E-state index in [1.54, 1.807) is 0 Å². The number of fused-ring (bicyclic) bond motifs is 5. The van der Waals surface area contributed by atoms with Gasteiger partial charge >= 0.3 is 5.97 Å². The Morgan fingerprint density at radius 2 is 1.61 bits per heavy atom. The van der Waals surface area contributed by atoms with E-state index < -0.39 is 5.97 Å². The average molecular weight is 320 g/mol. The van der Waals surface area contributed by atoms with E-state index in [4.69, 9.17) is 0 Å². The van der Waals surface area contributed by atoms with Crippen LogP contribution in [0.25, 0.3) is 0 Å². The summed E-state index contributed by atoms with van der Waals surface area (Å²) in [7, 11) is 0. The van der Waals surface area contributed by atoms with Crippen molar-refractivity contribution in [1.82, 2.24) is 0 Å². The number of aliphatic hydroxyl groups excluding tert-OH is 1. The Morgan fingerprint density at radius 1 is 0.913 bits per heavy atom. The van der Waals surface area contributed by atoms with Gasteiger partial charge in [-0.05, 0) is 92.3 Å². The zero-order valence-electron chi connectivity index (χ0n) is 14.6. The van der Waals surface area contributed by atoms with Crippen LogP contribution in [-0.2, 0) is 4.79 Å². The topological polar surface area (TPSA) is 57.5 Å². The molecule has 4 aliphatic carbocycles. The smallest absolute Gasteiger partial charge is 0.306 e. The number of aliphatic carboxylic acids is 1. The molecule has 0 aliphatic heterocycles. The highest BCUT2D eigenvalue weighted by molar-refractivity contribution is 5.70. The van der Waals surface area contributed by atoms with Crippen LogP contribution >= 0.6 is 0 Å². The molecule has 4 aliphatic rings. The fourth-order valence-electron chi connectivity index (χ4n) is 7.55. The van der Waals surface area contributed by atoms with Crippen LogP contribution in [0.4, 0.5) is 0 Å². The van der Waals surface area contributed by atoms with E-state index in [-0.39, 0.29) is 22.9 Å². The average Bonchev–Trinajstić information content (AvgIpc) is 2.81. The molecule has 0 unspecified atom stereocenters. The monoisotopic (exact) mass is 320 g/mol. The summed E-state index contributed by atoms with van der Waals surface area (Å²) in [5.41, 5.74) is 0.352. The molecule has 0 saturated heterocycles. The summed E-state index contributed by atoms with van der Waals surface area (Å²) in [6.07, 6.45) is 9.87. The molecule has 0 radical (unpaired) electrons. The largest absolute Gasteiger partial charge is 0.481 e. The second-order valence-corrected chi connectivity index (χ2v) is 9.61. The first-order valence-corrected chi connectivity index (χ1v) is 9.77. The molecule has 0 heterocycles. The second-order valence-electron chi connectivity index (χ2n) is 9.61. The van der Waals surface area contributed by atoms with E-state index in [2.05, 4.69) is 13.8 Å². The number of aliphatic hydroxyl groups is 1. The Kier molecular flexibility index (Phi) is 3.61. The minimum atomic E-state index is -0.580. The summed E-state index contributed by atoms with van der Waals surface area (Å²) in [6, 6.07) is 0. The molecule has 0 aromatic heterocycles. The molecule has 4 rings (SSSR count). The third-order valence-corrected chi connectivity index (χ3v) is 8.91. The van der Waals surface area contributed by atoms with Crippen LogP contribution in [0.3, 0.4) is 0 Å². The van der Waals surface area contributed by atoms with Gasteiger partial charge in [0.05, 0.1) is 12.0 Å². The third-order valence-electron chi connectivity index (χ3n) is 8.91. The summed E-state index contributed by atoms with van der Waals surface area (Å²) < 4.78 is 0. The van der Waals surface area contributed by atoms with Gasteiger partial charge in [0, 0.05) is 0 Å². The standard InChI is InChI=1S/C20H32O3/c1-19-10-9-16-14(15(19)7-8-17(19)21)6-5-13-4-3-12(18(22)23)11-20(13,16)2/h12-17,21H,3-11H2,1-2H3,(H,22,23)/t12-,13-,14+,15+,16+,17+,19+,20+/m1/s1. The van der Waals surface area contributed by atoms with Crippen molar-refractivity contribution in [2.45, 2.75) is 77.7 Å². The summed E-state index contributed by atoms with van der Waals surface area (Å²) in [5.74, 6) is 2.10. The molecule has 130 valence electrons. The third kappa shape index (κ3) is 2.14. The van der Waals surface area contributed by atoms with Crippen LogP contribution < -0.4 is 0 Å². The fourth-order valence-corrected chi connectivity index (χ4v) is 7.55. The van der Waals surface area contributed by atoms with Crippen molar-refractivity contribution in [3.05, 3.63) is 0 Å². The van der Waals surface area contributed by atoms with Crippen LogP contribution in [0.5, 0.6) is 0 Å². The number of rotatable bonds is 1. The molecule has 8 atom stereocenters. The van der Waals surface area contributed by atoms with Crippen LogP contribution in [0.1, 0.15) is 71.6 Å². The van der Waals surface area contributed by atoms with Crippen LogP contribution in [-0.4, -0.2) is 22.3 Å². The highest BCUT2D eigenvalue weighted by Gasteiger charge is 2.60. The lowest BCUT2D eigenvalue weighted by Crippen LogP contribution is -2.54. The maximum atomic E-state index is 11.6. The predicted molar refractivity (Wildman–Crippen MR) is 88.9 cm³/mol. The summed E-state index contributed by atoms with van der Waals surface area (Å²) >= 11 is 0. The Labute approximate surface area is 139 Å². The van der Waals surface area contributed by atoms with Gasteiger partial charge < -0.3 is 10.2 Å². The lowest BCUT2D eigenvalue weighted by molar-refractivity contribution is -0.155. The molecular weight excluding hydrogens is 288 g/mol. The molecule has 4 saturated carbocycles. The molecule has 23 heavy (non-hydrogen) atoms. The van der Waals surface area contributed by atoms with Gasteiger partial charge in [0.1, 0.15) is 0 Å². The van der Waals surface area contributed by atoms with E-state index in [1.165, 1.54) is 25.7 Å². The van der Waals surface area contributed by atoms with Crippen molar-refractivity contribution >= 4 is 5.97 Å². The number of hydrogen-bond donors (Lipinski definition) is 2. The Balaban J connectivity index is 1.63. The molecule has 4 fully saturated rings. The van der Waals surface area contributed by atoms with Gasteiger partial charge in [-0.2, -0.15) is 0 Å². The van der Waals surface area contributed by atoms with Gasteiger partial charge in [0.25, 0.3) is 0 Å². The van der Waals surface area contributed by atoms with Crippen molar-refractivity contribution < 1.29 is 15.0 Å². The molecule has 0 amide bonds. The van der Waals surface area contributed by atoms with Gasteiger partial charge in [-0.15, -0.1) is 0 Å². The summed E-state index contributed by atoms with van der Waals surface area (Å²) in [5, 5.41) is 20.0. The van der Waals surface area contributed by atoms with Gasteiger partial charge in [0.15, 0.2) is 0 Å². The number of carboxylic acids is 1. The molecule has 0 aromatic rings. The Bertz CT molecular complexity index is 503. The van der Waals surface area contributed by atoms with E-state index in [0.717, 1.165) is 43.9 Å². The van der Waals surface area contributed by atoms with Gasteiger partial charge in [-0.1, -0.05) is 13.8 Å². The number of hydrogen-bond acceptors (Lipinski definition) is 2. The molecular formula is C20H32O3. The van der Waals surface area contributed by atoms with E-state index in [1.807, 2.05) is 0 Å². The first kappa shape index (κ1) is 15.9. The zero-order chi connectivity index (χ0) is 16.4. The molecule has 3 nitrogen and oxygen atoms in total. The fraction of sp³-hybridized carbons (Fsp3) is 0.950. The summed E-state index contributed by atoms with van der Waals surface area (Å²) in [4.78, 5) is 11.6. The van der Waals surface area contributed by atoms with Crippen molar-refractivity contribution in [2.75, 3.05) is 0 Å². The van der Waals surface area contributed by atoms with Crippen molar-refractivity contribution in [2.24, 2.45) is 40.4 Å². The molecule has 2 N–H and O–H groups in total. The second kappa shape index (κ2) is 5.21. The SMILES string of the molecule is C[C@]12C[C@H](C(=O)O)CC[C@@H]1CC[C@@H]1[C@@H]2CC[C@]2(C)[C@@H](O)CC[C@@H]12. The normalized spacial score (nSPS) is 55.6. The van der Waals surface area contributed by atoms with E-state index in [9.17, 15) is 15.0 Å². The first-order valence-electron chi connectivity index (χ1n) is 9.77. The van der Waals surface area contributed by atoms with Gasteiger partial charge in [-0.3, -0.25) is 4.79 Å². The highest BCUT2D eigenvalue weighted by atomic mass is 16.4. The summed E-state index contributed by atoms with van der Waals surface area (Å²) in [6.45, 7) is 4.73. The molecule has 0 aromatic carbocycles. The Hall–Kier alpha value is -0.570. The molecule has 3 heteroatoms. The maximum Gasteiger partial charge on any atom is 0.306 e.